The summed E-state index contributed by atoms with van der Waals surface area (Å²) in [6, 6.07) is 5.54. The predicted octanol–water partition coefficient (Wildman–Crippen LogP) is 0.942. The van der Waals surface area contributed by atoms with E-state index in [4.69, 9.17) is 0 Å². The van der Waals surface area contributed by atoms with E-state index < -0.39 is 0 Å². The number of nitrogens with one attached hydrogen (secondary N) is 1. The van der Waals surface area contributed by atoms with Gasteiger partial charge in [0.15, 0.2) is 11.6 Å². The molecule has 0 aromatic carbocycles. The van der Waals surface area contributed by atoms with E-state index in [1.54, 1.807) is 12.4 Å². The first-order valence-corrected chi connectivity index (χ1v) is 8.21. The molecule has 0 bridgehead atoms. The first-order chi connectivity index (χ1) is 11.8. The van der Waals surface area contributed by atoms with Crippen LogP contribution in [0.2, 0.25) is 0 Å². The molecule has 1 saturated carbocycles. The van der Waals surface area contributed by atoms with Gasteiger partial charge in [0.25, 0.3) is 0 Å². The molecule has 0 unspecified atom stereocenters. The van der Waals surface area contributed by atoms with Crippen LogP contribution in [0.15, 0.2) is 30.6 Å². The molecule has 0 radical (unpaired) electrons. The van der Waals surface area contributed by atoms with E-state index in [-0.39, 0.29) is 11.8 Å². The number of amides is 1. The Balaban J connectivity index is 1.34. The fourth-order valence-electron chi connectivity index (χ4n) is 2.72. The van der Waals surface area contributed by atoms with E-state index in [9.17, 15) is 4.79 Å². The maximum absolute atomic E-state index is 11.7. The van der Waals surface area contributed by atoms with Gasteiger partial charge in [-0.25, -0.2) is 9.97 Å². The highest BCUT2D eigenvalue weighted by atomic mass is 16.2. The second kappa shape index (κ2) is 6.38. The van der Waals surface area contributed by atoms with Gasteiger partial charge >= 0.3 is 0 Å². The van der Waals surface area contributed by atoms with E-state index in [2.05, 4.69) is 35.3 Å². The molecule has 1 aliphatic carbocycles. The van der Waals surface area contributed by atoms with Crippen molar-refractivity contribution in [1.29, 1.82) is 0 Å². The molecule has 2 aromatic heterocycles. The fraction of sp³-hybridized carbons (Fsp3) is 0.438. The van der Waals surface area contributed by atoms with E-state index in [1.165, 1.54) is 0 Å². The Bertz CT molecular complexity index is 694. The third-order valence-corrected chi connectivity index (χ3v) is 4.29. The molecular formula is C16H19N7O. The van der Waals surface area contributed by atoms with Crippen LogP contribution in [-0.4, -0.2) is 52.3 Å². The lowest BCUT2D eigenvalue weighted by Crippen LogP contribution is -2.47. The van der Waals surface area contributed by atoms with Crippen molar-refractivity contribution >= 4 is 23.5 Å². The van der Waals surface area contributed by atoms with Crippen LogP contribution >= 0.6 is 0 Å². The highest BCUT2D eigenvalue weighted by Gasteiger charge is 2.30. The quantitative estimate of drug-likeness (QED) is 0.895. The van der Waals surface area contributed by atoms with Crippen LogP contribution in [0, 0.1) is 5.92 Å². The van der Waals surface area contributed by atoms with Gasteiger partial charge < -0.3 is 15.1 Å². The van der Waals surface area contributed by atoms with Crippen molar-refractivity contribution in [2.45, 2.75) is 12.8 Å². The molecule has 1 saturated heterocycles. The van der Waals surface area contributed by atoms with Crippen LogP contribution in [0.1, 0.15) is 12.8 Å². The highest BCUT2D eigenvalue weighted by molar-refractivity contribution is 5.93. The van der Waals surface area contributed by atoms with E-state index >= 15 is 0 Å². The molecule has 8 heteroatoms. The molecule has 2 aliphatic rings. The summed E-state index contributed by atoms with van der Waals surface area (Å²) in [7, 11) is 0. The summed E-state index contributed by atoms with van der Waals surface area (Å²) in [5.41, 5.74) is 0. The molecule has 124 valence electrons. The summed E-state index contributed by atoms with van der Waals surface area (Å²) in [5.74, 6) is 2.33. The predicted molar refractivity (Wildman–Crippen MR) is 89.8 cm³/mol. The molecule has 2 fully saturated rings. The molecule has 0 atom stereocenters. The largest absolute Gasteiger partial charge is 0.352 e. The second-order valence-electron chi connectivity index (χ2n) is 6.06. The molecule has 3 heterocycles. The molecule has 2 aromatic rings. The number of carbonyl (C=O) groups is 1. The van der Waals surface area contributed by atoms with Gasteiger partial charge in [0.05, 0.1) is 0 Å². The van der Waals surface area contributed by atoms with Crippen LogP contribution < -0.4 is 15.1 Å². The van der Waals surface area contributed by atoms with Crippen molar-refractivity contribution in [2.75, 3.05) is 41.3 Å². The maximum atomic E-state index is 11.7. The SMILES string of the molecule is O=C(Nc1ccc(N2CCN(c3ncccn3)CC2)nn1)C1CC1. The first kappa shape index (κ1) is 14.8. The van der Waals surface area contributed by atoms with Gasteiger partial charge in [0, 0.05) is 44.5 Å². The topological polar surface area (TPSA) is 87.1 Å². The van der Waals surface area contributed by atoms with Crippen LogP contribution in [-0.2, 0) is 4.79 Å². The van der Waals surface area contributed by atoms with E-state index in [1.807, 2.05) is 18.2 Å². The normalized spacial score (nSPS) is 17.7. The lowest BCUT2D eigenvalue weighted by molar-refractivity contribution is -0.117. The minimum Gasteiger partial charge on any atom is -0.352 e. The Hall–Kier alpha value is -2.77. The van der Waals surface area contributed by atoms with Crippen LogP contribution in [0.5, 0.6) is 0 Å². The number of rotatable bonds is 4. The summed E-state index contributed by atoms with van der Waals surface area (Å²) in [5, 5.41) is 11.2. The fourth-order valence-corrected chi connectivity index (χ4v) is 2.72. The number of nitrogens with zero attached hydrogens (tertiary/aromatic N) is 6. The number of carbonyl (C=O) groups excluding carboxylic acids is 1. The van der Waals surface area contributed by atoms with E-state index in [0.29, 0.717) is 5.82 Å². The molecular weight excluding hydrogens is 306 g/mol. The molecule has 8 nitrogen and oxygen atoms in total. The molecule has 0 spiro atoms. The molecule has 1 amide bonds. The second-order valence-corrected chi connectivity index (χ2v) is 6.06. The standard InChI is InChI=1S/C16H19N7O/c24-15(12-2-3-12)19-13-4-5-14(21-20-13)22-8-10-23(11-9-22)16-17-6-1-7-18-16/h1,4-7,12H,2-3,8-11H2,(H,19,20,24). The Kier molecular flexibility index (Phi) is 3.94. The average Bonchev–Trinajstić information content (AvgIpc) is 3.49. The number of hydrogen-bond donors (Lipinski definition) is 1. The van der Waals surface area contributed by atoms with Gasteiger partial charge in [-0.15, -0.1) is 10.2 Å². The summed E-state index contributed by atoms with van der Waals surface area (Å²) < 4.78 is 0. The Labute approximate surface area is 139 Å². The number of piperazine rings is 1. The highest BCUT2D eigenvalue weighted by Crippen LogP contribution is 2.30. The average molecular weight is 325 g/mol. The number of hydrogen-bond acceptors (Lipinski definition) is 7. The lowest BCUT2D eigenvalue weighted by atomic mass is 10.3. The third kappa shape index (κ3) is 3.27. The Morgan fingerprint density at radius 3 is 2.33 bits per heavy atom. The summed E-state index contributed by atoms with van der Waals surface area (Å²) in [6.07, 6.45) is 5.48. The van der Waals surface area contributed by atoms with Gasteiger partial charge in [0.2, 0.25) is 11.9 Å². The zero-order valence-corrected chi connectivity index (χ0v) is 13.3. The molecule has 1 N–H and O–H groups in total. The van der Waals surface area contributed by atoms with Gasteiger partial charge in [-0.3, -0.25) is 4.79 Å². The maximum Gasteiger partial charge on any atom is 0.228 e. The zero-order valence-electron chi connectivity index (χ0n) is 13.3. The molecule has 24 heavy (non-hydrogen) atoms. The lowest BCUT2D eigenvalue weighted by Gasteiger charge is -2.35. The Morgan fingerprint density at radius 1 is 1.00 bits per heavy atom. The first-order valence-electron chi connectivity index (χ1n) is 8.21. The monoisotopic (exact) mass is 325 g/mol. The molecule has 4 rings (SSSR count). The summed E-state index contributed by atoms with van der Waals surface area (Å²) in [4.78, 5) is 24.6. The zero-order chi connectivity index (χ0) is 16.4. The van der Waals surface area contributed by atoms with Gasteiger partial charge in [-0.1, -0.05) is 0 Å². The summed E-state index contributed by atoms with van der Waals surface area (Å²) >= 11 is 0. The van der Waals surface area contributed by atoms with Crippen molar-refractivity contribution in [2.24, 2.45) is 5.92 Å². The third-order valence-electron chi connectivity index (χ3n) is 4.29. The van der Waals surface area contributed by atoms with E-state index in [0.717, 1.165) is 50.8 Å². The minimum absolute atomic E-state index is 0.0496. The van der Waals surface area contributed by atoms with Crippen LogP contribution in [0.25, 0.3) is 0 Å². The van der Waals surface area contributed by atoms with Gasteiger partial charge in [-0.2, -0.15) is 0 Å². The Morgan fingerprint density at radius 2 is 1.71 bits per heavy atom. The number of aromatic nitrogens is 4. The van der Waals surface area contributed by atoms with Gasteiger partial charge in [0.1, 0.15) is 0 Å². The van der Waals surface area contributed by atoms with Crippen molar-refractivity contribution in [1.82, 2.24) is 20.2 Å². The smallest absolute Gasteiger partial charge is 0.228 e. The molecule has 1 aliphatic heterocycles. The van der Waals surface area contributed by atoms with Crippen LogP contribution in [0.4, 0.5) is 17.6 Å². The summed E-state index contributed by atoms with van der Waals surface area (Å²) in [6.45, 7) is 3.35. The van der Waals surface area contributed by atoms with Crippen LogP contribution in [0.3, 0.4) is 0 Å². The van der Waals surface area contributed by atoms with Crippen molar-refractivity contribution in [3.05, 3.63) is 30.6 Å². The minimum atomic E-state index is 0.0496. The van der Waals surface area contributed by atoms with Crippen molar-refractivity contribution < 1.29 is 4.79 Å². The number of anilines is 3. The van der Waals surface area contributed by atoms with Gasteiger partial charge in [-0.05, 0) is 31.0 Å². The van der Waals surface area contributed by atoms with Crippen molar-refractivity contribution in [3.8, 4) is 0 Å². The van der Waals surface area contributed by atoms with Crippen molar-refractivity contribution in [3.63, 3.8) is 0 Å².